The fraction of sp³-hybridized carbons (Fsp3) is 0.368. The van der Waals surface area contributed by atoms with Gasteiger partial charge in [-0.15, -0.1) is 4.49 Å². The van der Waals surface area contributed by atoms with E-state index < -0.39 is 35.2 Å². The number of sulfonamides is 1. The molecule has 2 aromatic carbocycles. The van der Waals surface area contributed by atoms with Crippen LogP contribution in [0.15, 0.2) is 60.7 Å². The summed E-state index contributed by atoms with van der Waals surface area (Å²) in [6.45, 7) is 3.68. The molecule has 0 unspecified atom stereocenters. The highest BCUT2D eigenvalue weighted by atomic mass is 32.2. The molecule has 1 aliphatic rings. The lowest BCUT2D eigenvalue weighted by molar-refractivity contribution is -0.0442. The SMILES string of the molecule is C[C@@H](c1ccccc1)N1CCN([C@@H](C)c2ccccc2)P1(=O)NS(=O)(=O)C(F)(F)F. The van der Waals surface area contributed by atoms with Gasteiger partial charge in [0.1, 0.15) is 0 Å². The van der Waals surface area contributed by atoms with Gasteiger partial charge in [-0.2, -0.15) is 13.2 Å². The predicted molar refractivity (Wildman–Crippen MR) is 109 cm³/mol. The summed E-state index contributed by atoms with van der Waals surface area (Å²) in [5, 5.41) is 0. The zero-order valence-corrected chi connectivity index (χ0v) is 18.2. The Morgan fingerprint density at radius 1 is 0.867 bits per heavy atom. The topological polar surface area (TPSA) is 69.7 Å². The van der Waals surface area contributed by atoms with Crippen molar-refractivity contribution < 1.29 is 26.2 Å². The molecule has 164 valence electrons. The summed E-state index contributed by atoms with van der Waals surface area (Å²) in [5.41, 5.74) is -4.13. The van der Waals surface area contributed by atoms with Gasteiger partial charge in [-0.1, -0.05) is 60.7 Å². The molecule has 30 heavy (non-hydrogen) atoms. The molecule has 0 aliphatic carbocycles. The lowest BCUT2D eigenvalue weighted by Gasteiger charge is -2.36. The van der Waals surface area contributed by atoms with Crippen molar-refractivity contribution >= 4 is 17.6 Å². The van der Waals surface area contributed by atoms with Gasteiger partial charge in [-0.05, 0) is 25.0 Å². The van der Waals surface area contributed by atoms with Crippen molar-refractivity contribution in [3.63, 3.8) is 0 Å². The first-order valence-electron chi connectivity index (χ1n) is 9.32. The number of nitrogens with zero attached hydrogens (tertiary/aromatic N) is 2. The molecule has 2 atom stereocenters. The highest BCUT2D eigenvalue weighted by Crippen LogP contribution is 2.61. The standard InChI is InChI=1S/C19H23F3N3O3PS/c1-15(17-9-5-3-6-10-17)24-13-14-25(16(2)18-11-7-4-8-12-18)29(24,26)23-30(27,28)19(20,21)22/h3-12,15-16H,13-14H2,1-2H3,(H,23,26)/t15-,16-/m0/s1. The van der Waals surface area contributed by atoms with Crippen molar-refractivity contribution in [1.82, 2.24) is 13.8 Å². The molecule has 0 aromatic heterocycles. The van der Waals surface area contributed by atoms with E-state index >= 15 is 0 Å². The van der Waals surface area contributed by atoms with E-state index in [1.54, 1.807) is 74.5 Å². The van der Waals surface area contributed by atoms with Crippen molar-refractivity contribution in [2.45, 2.75) is 31.4 Å². The molecule has 1 fully saturated rings. The zero-order chi connectivity index (χ0) is 22.2. The van der Waals surface area contributed by atoms with Gasteiger partial charge in [0.15, 0.2) is 0 Å². The minimum absolute atomic E-state index is 0.144. The second kappa shape index (κ2) is 8.43. The van der Waals surface area contributed by atoms with Crippen molar-refractivity contribution in [3.8, 4) is 0 Å². The molecule has 0 spiro atoms. The minimum atomic E-state index is -5.83. The van der Waals surface area contributed by atoms with Gasteiger partial charge in [-0.25, -0.2) is 17.8 Å². The highest BCUT2D eigenvalue weighted by molar-refractivity contribution is 7.96. The van der Waals surface area contributed by atoms with Gasteiger partial charge >= 0.3 is 15.5 Å². The number of alkyl halides is 3. The molecule has 1 aliphatic heterocycles. The molecule has 11 heteroatoms. The Kier molecular flexibility index (Phi) is 6.46. The summed E-state index contributed by atoms with van der Waals surface area (Å²) < 4.78 is 81.6. The summed E-state index contributed by atoms with van der Waals surface area (Å²) in [5.74, 6) is 0. The molecular formula is C19H23F3N3O3PS. The van der Waals surface area contributed by atoms with Crippen LogP contribution in [0.1, 0.15) is 37.1 Å². The third-order valence-electron chi connectivity index (χ3n) is 5.26. The van der Waals surface area contributed by atoms with Gasteiger partial charge in [0, 0.05) is 25.2 Å². The number of hydrogen-bond donors (Lipinski definition) is 1. The number of benzene rings is 2. The molecule has 2 aromatic rings. The Balaban J connectivity index is 2.04. The van der Waals surface area contributed by atoms with Crippen LogP contribution in [-0.2, 0) is 14.6 Å². The summed E-state index contributed by atoms with van der Waals surface area (Å²) in [7, 11) is -10.2. The van der Waals surface area contributed by atoms with Crippen molar-refractivity contribution in [1.29, 1.82) is 0 Å². The van der Waals surface area contributed by atoms with Crippen molar-refractivity contribution in [2.24, 2.45) is 0 Å². The smallest absolute Gasteiger partial charge is 0.269 e. The quantitative estimate of drug-likeness (QED) is 0.633. The predicted octanol–water partition coefficient (Wildman–Crippen LogP) is 4.67. The van der Waals surface area contributed by atoms with Crippen molar-refractivity contribution in [3.05, 3.63) is 71.8 Å². The van der Waals surface area contributed by atoms with E-state index in [0.29, 0.717) is 0 Å². The van der Waals surface area contributed by atoms with Crippen LogP contribution in [-0.4, -0.2) is 36.4 Å². The van der Waals surface area contributed by atoms with E-state index in [9.17, 15) is 26.2 Å². The second-order valence-corrected chi connectivity index (χ2v) is 11.4. The molecule has 0 saturated carbocycles. The molecule has 0 amide bonds. The van der Waals surface area contributed by atoms with E-state index in [1.807, 2.05) is 0 Å². The van der Waals surface area contributed by atoms with Crippen LogP contribution < -0.4 is 4.49 Å². The van der Waals surface area contributed by atoms with Crippen LogP contribution in [0.4, 0.5) is 13.2 Å². The van der Waals surface area contributed by atoms with Crippen LogP contribution in [0.25, 0.3) is 0 Å². The second-order valence-electron chi connectivity index (χ2n) is 7.08. The van der Waals surface area contributed by atoms with E-state index in [4.69, 9.17) is 0 Å². The Morgan fingerprint density at radius 3 is 1.57 bits per heavy atom. The lowest BCUT2D eigenvalue weighted by Crippen LogP contribution is -2.41. The third kappa shape index (κ3) is 4.33. The average Bonchev–Trinajstić information content (AvgIpc) is 3.03. The molecule has 1 N–H and O–H groups in total. The van der Waals surface area contributed by atoms with Gasteiger partial charge in [0.05, 0.1) is 0 Å². The van der Waals surface area contributed by atoms with E-state index in [-0.39, 0.29) is 13.1 Å². The summed E-state index contributed by atoms with van der Waals surface area (Å²) >= 11 is 0. The Labute approximate surface area is 174 Å². The first kappa shape index (κ1) is 23.0. The van der Waals surface area contributed by atoms with Gasteiger partial charge in [-0.3, -0.25) is 4.57 Å². The first-order valence-corrected chi connectivity index (χ1v) is 12.4. The van der Waals surface area contributed by atoms with Crippen LogP contribution in [0.5, 0.6) is 0 Å². The molecule has 6 nitrogen and oxygen atoms in total. The summed E-state index contributed by atoms with van der Waals surface area (Å²) in [4.78, 5) is 0. The maximum absolute atomic E-state index is 14.0. The number of hydrogen-bond acceptors (Lipinski definition) is 3. The monoisotopic (exact) mass is 461 g/mol. The Morgan fingerprint density at radius 2 is 1.23 bits per heavy atom. The molecular weight excluding hydrogens is 438 g/mol. The van der Waals surface area contributed by atoms with E-state index in [0.717, 1.165) is 11.1 Å². The molecule has 3 rings (SSSR count). The number of halogens is 3. The Hall–Kier alpha value is -1.71. The highest BCUT2D eigenvalue weighted by Gasteiger charge is 2.56. The zero-order valence-electron chi connectivity index (χ0n) is 16.5. The maximum Gasteiger partial charge on any atom is 0.511 e. The maximum atomic E-state index is 14.0. The van der Waals surface area contributed by atoms with Crippen LogP contribution in [0.2, 0.25) is 0 Å². The summed E-state index contributed by atoms with van der Waals surface area (Å²) in [6, 6.07) is 16.5. The first-order chi connectivity index (χ1) is 14.0. The largest absolute Gasteiger partial charge is 0.511 e. The Bertz CT molecular complexity index is 962. The molecule has 1 saturated heterocycles. The average molecular weight is 461 g/mol. The fourth-order valence-corrected chi connectivity index (χ4v) is 8.33. The van der Waals surface area contributed by atoms with Gasteiger partial charge in [0.25, 0.3) is 7.59 Å². The van der Waals surface area contributed by atoms with E-state index in [1.165, 1.54) is 13.8 Å². The van der Waals surface area contributed by atoms with Gasteiger partial charge < -0.3 is 0 Å². The molecule has 0 bridgehead atoms. The molecule has 1 heterocycles. The fourth-order valence-electron chi connectivity index (χ4n) is 3.60. The van der Waals surface area contributed by atoms with Crippen molar-refractivity contribution in [2.75, 3.05) is 13.1 Å². The normalized spacial score (nSPS) is 20.2. The van der Waals surface area contributed by atoms with Crippen LogP contribution in [0.3, 0.4) is 0 Å². The third-order valence-corrected chi connectivity index (χ3v) is 10.3. The molecule has 0 radical (unpaired) electrons. The van der Waals surface area contributed by atoms with Crippen LogP contribution >= 0.6 is 7.59 Å². The van der Waals surface area contributed by atoms with Crippen LogP contribution in [0, 0.1) is 0 Å². The number of nitrogens with one attached hydrogen (secondary N) is 1. The summed E-state index contributed by atoms with van der Waals surface area (Å²) in [6.07, 6.45) is 0. The number of rotatable bonds is 6. The minimum Gasteiger partial charge on any atom is -0.269 e. The van der Waals surface area contributed by atoms with Gasteiger partial charge in [0.2, 0.25) is 0 Å². The van der Waals surface area contributed by atoms with E-state index in [2.05, 4.69) is 0 Å². The lowest BCUT2D eigenvalue weighted by atomic mass is 10.1.